The number of aromatic nitrogens is 5. The predicted molar refractivity (Wildman–Crippen MR) is 99.1 cm³/mol. The van der Waals surface area contributed by atoms with Crippen LogP contribution in [0.4, 0.5) is 0 Å². The molecule has 2 aromatic carbocycles. The van der Waals surface area contributed by atoms with Crippen LogP contribution < -0.4 is 0 Å². The molecule has 26 heavy (non-hydrogen) atoms. The lowest BCUT2D eigenvalue weighted by molar-refractivity contribution is 0.0697. The second-order valence-corrected chi connectivity index (χ2v) is 5.84. The third-order valence-corrected chi connectivity index (χ3v) is 4.15. The number of fused-ring (bicyclic) bond motifs is 1. The first-order valence-electron chi connectivity index (χ1n) is 7.75. The van der Waals surface area contributed by atoms with Gasteiger partial charge in [0, 0.05) is 19.4 Å². The quantitative estimate of drug-likeness (QED) is 0.597. The summed E-state index contributed by atoms with van der Waals surface area (Å²) < 4.78 is 3.65. The smallest absolute Gasteiger partial charge is 0.335 e. The van der Waals surface area contributed by atoms with Crippen LogP contribution in [-0.4, -0.2) is 35.6 Å². The van der Waals surface area contributed by atoms with Crippen LogP contribution in [0.3, 0.4) is 0 Å². The summed E-state index contributed by atoms with van der Waals surface area (Å²) in [5.41, 5.74) is 5.07. The van der Waals surface area contributed by atoms with E-state index in [1.807, 2.05) is 29.9 Å². The first kappa shape index (κ1) is 17.6. The fourth-order valence-electron chi connectivity index (χ4n) is 2.87. The van der Waals surface area contributed by atoms with Crippen molar-refractivity contribution in [3.8, 4) is 5.69 Å². The van der Waals surface area contributed by atoms with E-state index in [0.29, 0.717) is 6.42 Å². The molecular weight excluding hydrogens is 354 g/mol. The number of imidazole rings is 1. The predicted octanol–water partition coefficient (Wildman–Crippen LogP) is 2.86. The number of benzene rings is 2. The molecule has 2 aromatic heterocycles. The molecule has 4 aromatic rings. The van der Waals surface area contributed by atoms with Crippen LogP contribution >= 0.6 is 12.4 Å². The zero-order chi connectivity index (χ0) is 17.4. The maximum atomic E-state index is 11.0. The van der Waals surface area contributed by atoms with E-state index in [4.69, 9.17) is 5.11 Å². The van der Waals surface area contributed by atoms with E-state index in [9.17, 15) is 4.79 Å². The standard InChI is InChI=1S/C18H15N5O2.ClH/c1-22-15-9-13(8-12-2-4-14(5-3-12)18(24)25)10-16(17(15)20-21-22)23-7-6-19-11-23;/h2-7,9-11H,8H2,1H3,(H,24,25);1H. The van der Waals surface area contributed by atoms with Gasteiger partial charge in [-0.15, -0.1) is 17.5 Å². The minimum atomic E-state index is -0.920. The number of carbonyl (C=O) groups is 1. The fourth-order valence-corrected chi connectivity index (χ4v) is 2.87. The molecule has 0 atom stereocenters. The Bertz CT molecular complexity index is 1060. The molecule has 1 N–H and O–H groups in total. The van der Waals surface area contributed by atoms with Gasteiger partial charge in [-0.25, -0.2) is 14.5 Å². The van der Waals surface area contributed by atoms with Crippen LogP contribution in [0, 0.1) is 0 Å². The summed E-state index contributed by atoms with van der Waals surface area (Å²) in [5, 5.41) is 17.4. The summed E-state index contributed by atoms with van der Waals surface area (Å²) in [7, 11) is 1.86. The Morgan fingerprint density at radius 2 is 1.92 bits per heavy atom. The van der Waals surface area contributed by atoms with Gasteiger partial charge in [0.15, 0.2) is 0 Å². The van der Waals surface area contributed by atoms with Gasteiger partial charge >= 0.3 is 5.97 Å². The first-order valence-corrected chi connectivity index (χ1v) is 7.75. The highest BCUT2D eigenvalue weighted by molar-refractivity contribution is 5.87. The largest absolute Gasteiger partial charge is 0.478 e. The van der Waals surface area contributed by atoms with Gasteiger partial charge in [-0.2, -0.15) is 0 Å². The Balaban J connectivity index is 0.00000196. The number of rotatable bonds is 4. The second-order valence-electron chi connectivity index (χ2n) is 5.84. The molecule has 7 nitrogen and oxygen atoms in total. The van der Waals surface area contributed by atoms with Gasteiger partial charge in [0.2, 0.25) is 0 Å². The summed E-state index contributed by atoms with van der Waals surface area (Å²) in [4.78, 5) is 15.1. The van der Waals surface area contributed by atoms with Crippen LogP contribution in [0.5, 0.6) is 0 Å². The molecule has 0 aliphatic heterocycles. The van der Waals surface area contributed by atoms with Crippen molar-refractivity contribution in [3.05, 3.63) is 71.8 Å². The van der Waals surface area contributed by atoms with Crippen LogP contribution in [-0.2, 0) is 13.5 Å². The van der Waals surface area contributed by atoms with Crippen molar-refractivity contribution in [1.82, 2.24) is 24.5 Å². The SMILES string of the molecule is Cl.Cn1nnc2c(-n3ccnc3)cc(Cc3ccc(C(=O)O)cc3)cc21. The lowest BCUT2D eigenvalue weighted by atomic mass is 10.0. The van der Waals surface area contributed by atoms with Crippen molar-refractivity contribution in [3.63, 3.8) is 0 Å². The Kier molecular flexibility index (Phi) is 4.73. The van der Waals surface area contributed by atoms with E-state index in [1.54, 1.807) is 29.3 Å². The van der Waals surface area contributed by atoms with Crippen molar-refractivity contribution in [2.24, 2.45) is 7.05 Å². The number of hydrogen-bond donors (Lipinski definition) is 1. The molecule has 4 rings (SSSR count). The zero-order valence-electron chi connectivity index (χ0n) is 13.9. The average molecular weight is 370 g/mol. The number of aromatic carboxylic acids is 1. The molecular formula is C18H16ClN5O2. The van der Waals surface area contributed by atoms with E-state index < -0.39 is 5.97 Å². The number of nitrogens with zero attached hydrogens (tertiary/aromatic N) is 5. The molecule has 132 valence electrons. The van der Waals surface area contributed by atoms with Gasteiger partial charge in [-0.1, -0.05) is 17.3 Å². The molecule has 0 saturated carbocycles. The van der Waals surface area contributed by atoms with Gasteiger partial charge in [0.05, 0.1) is 23.1 Å². The molecule has 0 fully saturated rings. The lowest BCUT2D eigenvalue weighted by Crippen LogP contribution is -1.99. The van der Waals surface area contributed by atoms with Crippen molar-refractivity contribution in [1.29, 1.82) is 0 Å². The summed E-state index contributed by atoms with van der Waals surface area (Å²) in [6.07, 6.45) is 6.01. The molecule has 0 spiro atoms. The first-order chi connectivity index (χ1) is 12.1. The molecule has 0 aliphatic carbocycles. The minimum absolute atomic E-state index is 0. The van der Waals surface area contributed by atoms with Crippen LogP contribution in [0.25, 0.3) is 16.7 Å². The summed E-state index contributed by atoms with van der Waals surface area (Å²) in [6, 6.07) is 11.0. The number of carboxylic acid groups (broad SMARTS) is 1. The Morgan fingerprint density at radius 3 is 2.58 bits per heavy atom. The van der Waals surface area contributed by atoms with E-state index in [2.05, 4.69) is 27.4 Å². The van der Waals surface area contributed by atoms with E-state index in [-0.39, 0.29) is 18.0 Å². The highest BCUT2D eigenvalue weighted by Crippen LogP contribution is 2.24. The maximum absolute atomic E-state index is 11.0. The third-order valence-electron chi connectivity index (χ3n) is 4.15. The summed E-state index contributed by atoms with van der Waals surface area (Å²) >= 11 is 0. The summed E-state index contributed by atoms with van der Waals surface area (Å²) in [6.45, 7) is 0. The van der Waals surface area contributed by atoms with Crippen molar-refractivity contribution in [2.75, 3.05) is 0 Å². The summed E-state index contributed by atoms with van der Waals surface area (Å²) in [5.74, 6) is -0.920. The molecule has 0 aliphatic rings. The number of aryl methyl sites for hydroxylation is 1. The Hall–Kier alpha value is -3.19. The van der Waals surface area contributed by atoms with Crippen molar-refractivity contribution < 1.29 is 9.90 Å². The van der Waals surface area contributed by atoms with Gasteiger partial charge in [0.25, 0.3) is 0 Å². The molecule has 0 bridgehead atoms. The normalized spacial score (nSPS) is 10.7. The monoisotopic (exact) mass is 369 g/mol. The zero-order valence-corrected chi connectivity index (χ0v) is 14.7. The fraction of sp³-hybridized carbons (Fsp3) is 0.111. The van der Waals surface area contributed by atoms with E-state index in [1.165, 1.54) is 0 Å². The van der Waals surface area contributed by atoms with E-state index >= 15 is 0 Å². The second kappa shape index (κ2) is 6.97. The molecule has 0 radical (unpaired) electrons. The minimum Gasteiger partial charge on any atom is -0.478 e. The Morgan fingerprint density at radius 1 is 1.15 bits per heavy atom. The maximum Gasteiger partial charge on any atom is 0.335 e. The molecule has 0 unspecified atom stereocenters. The molecule has 8 heteroatoms. The van der Waals surface area contributed by atoms with Gasteiger partial charge in [0.1, 0.15) is 5.52 Å². The van der Waals surface area contributed by atoms with E-state index in [0.717, 1.165) is 27.8 Å². The lowest BCUT2D eigenvalue weighted by Gasteiger charge is -2.08. The van der Waals surface area contributed by atoms with Crippen LogP contribution in [0.15, 0.2) is 55.1 Å². The number of carboxylic acids is 1. The van der Waals surface area contributed by atoms with Crippen LogP contribution in [0.2, 0.25) is 0 Å². The van der Waals surface area contributed by atoms with Gasteiger partial charge < -0.3 is 9.67 Å². The highest BCUT2D eigenvalue weighted by Gasteiger charge is 2.12. The number of hydrogen-bond acceptors (Lipinski definition) is 4. The molecule has 0 saturated heterocycles. The number of halogens is 1. The Labute approximate surface area is 155 Å². The van der Waals surface area contributed by atoms with Crippen molar-refractivity contribution >= 4 is 29.4 Å². The van der Waals surface area contributed by atoms with Gasteiger partial charge in [-0.3, -0.25) is 0 Å². The van der Waals surface area contributed by atoms with Crippen LogP contribution in [0.1, 0.15) is 21.5 Å². The topological polar surface area (TPSA) is 85.8 Å². The third kappa shape index (κ3) is 3.16. The van der Waals surface area contributed by atoms with Crippen molar-refractivity contribution in [2.45, 2.75) is 6.42 Å². The average Bonchev–Trinajstić information content (AvgIpc) is 3.26. The highest BCUT2D eigenvalue weighted by atomic mass is 35.5. The van der Waals surface area contributed by atoms with Gasteiger partial charge in [-0.05, 0) is 41.8 Å². The molecule has 0 amide bonds. The molecule has 2 heterocycles.